The summed E-state index contributed by atoms with van der Waals surface area (Å²) in [5.74, 6) is -0.183. The Balaban J connectivity index is 1.19. The van der Waals surface area contributed by atoms with Gasteiger partial charge in [-0.2, -0.15) is 5.10 Å². The molecule has 2 aliphatic rings. The number of nitrogens with one attached hydrogen (secondary N) is 1. The number of fused-ring (bicyclic) bond motifs is 2. The molecule has 39 heavy (non-hydrogen) atoms. The number of hydrogen-bond donors (Lipinski definition) is 1. The Bertz CT molecular complexity index is 1600. The van der Waals surface area contributed by atoms with Gasteiger partial charge in [-0.15, -0.1) is 0 Å². The number of nitrogens with zero attached hydrogens (tertiary/aromatic N) is 6. The van der Waals surface area contributed by atoms with Gasteiger partial charge in [0.05, 0.1) is 22.3 Å². The van der Waals surface area contributed by atoms with E-state index in [1.165, 1.54) is 6.07 Å². The second-order valence-electron chi connectivity index (χ2n) is 10.1. The van der Waals surface area contributed by atoms with Crippen LogP contribution in [-0.2, 0) is 19.4 Å². The number of hydrogen-bond acceptors (Lipinski definition) is 7. The van der Waals surface area contributed by atoms with Crippen molar-refractivity contribution in [3.63, 3.8) is 0 Å². The zero-order valence-corrected chi connectivity index (χ0v) is 21.9. The molecule has 1 amide bonds. The van der Waals surface area contributed by atoms with Crippen LogP contribution in [0.25, 0.3) is 10.8 Å². The lowest BCUT2D eigenvalue weighted by Gasteiger charge is -2.35. The van der Waals surface area contributed by atoms with Crippen LogP contribution in [0.5, 0.6) is 0 Å². The van der Waals surface area contributed by atoms with Crippen LogP contribution in [-0.4, -0.2) is 75.1 Å². The van der Waals surface area contributed by atoms with E-state index in [0.717, 1.165) is 60.9 Å². The van der Waals surface area contributed by atoms with Crippen molar-refractivity contribution in [1.82, 2.24) is 30.0 Å². The van der Waals surface area contributed by atoms with Crippen molar-refractivity contribution in [2.24, 2.45) is 0 Å². The van der Waals surface area contributed by atoms with Gasteiger partial charge in [-0.3, -0.25) is 9.59 Å². The fourth-order valence-corrected chi connectivity index (χ4v) is 5.41. The molecule has 1 fully saturated rings. The number of benzene rings is 2. The number of H-pyrrole nitrogens is 1. The molecule has 200 valence electrons. The minimum absolute atomic E-state index is 0.0241. The van der Waals surface area contributed by atoms with Crippen LogP contribution in [0.15, 0.2) is 53.5 Å². The van der Waals surface area contributed by atoms with Crippen molar-refractivity contribution in [1.29, 1.82) is 0 Å². The smallest absolute Gasteiger partial charge is 0.272 e. The van der Waals surface area contributed by atoms with Gasteiger partial charge in [0.1, 0.15) is 5.82 Å². The Hall–Kier alpha value is -4.18. The molecule has 0 unspecified atom stereocenters. The van der Waals surface area contributed by atoms with Crippen molar-refractivity contribution in [3.8, 4) is 0 Å². The van der Waals surface area contributed by atoms with Gasteiger partial charge in [-0.05, 0) is 30.3 Å². The van der Waals surface area contributed by atoms with Gasteiger partial charge in [0.15, 0.2) is 0 Å². The number of amides is 1. The molecule has 0 aliphatic carbocycles. The van der Waals surface area contributed by atoms with Crippen molar-refractivity contribution in [2.75, 3.05) is 44.2 Å². The number of aromatic nitrogens is 4. The number of anilines is 1. The summed E-state index contributed by atoms with van der Waals surface area (Å²) < 4.78 is 14.9. The highest BCUT2D eigenvalue weighted by Crippen LogP contribution is 2.24. The quantitative estimate of drug-likeness (QED) is 0.426. The van der Waals surface area contributed by atoms with E-state index < -0.39 is 5.82 Å². The molecular weight excluding hydrogens is 497 g/mol. The fraction of sp³-hybridized carbons (Fsp3) is 0.345. The van der Waals surface area contributed by atoms with Crippen LogP contribution in [0.2, 0.25) is 0 Å². The molecule has 1 saturated heterocycles. The summed E-state index contributed by atoms with van der Waals surface area (Å²) in [6.07, 6.45) is 2.76. The number of aromatic amines is 1. The molecular formula is C29H30FN7O2. The summed E-state index contributed by atoms with van der Waals surface area (Å²) in [4.78, 5) is 41.2. The van der Waals surface area contributed by atoms with Crippen molar-refractivity contribution >= 4 is 22.6 Å². The van der Waals surface area contributed by atoms with E-state index in [4.69, 9.17) is 4.98 Å². The van der Waals surface area contributed by atoms with E-state index in [0.29, 0.717) is 37.0 Å². The minimum Gasteiger partial charge on any atom is -0.338 e. The highest BCUT2D eigenvalue weighted by atomic mass is 19.1. The van der Waals surface area contributed by atoms with Crippen LogP contribution < -0.4 is 10.5 Å². The Morgan fingerprint density at radius 3 is 2.64 bits per heavy atom. The Morgan fingerprint density at radius 2 is 1.85 bits per heavy atom. The molecule has 2 aliphatic heterocycles. The van der Waals surface area contributed by atoms with E-state index in [-0.39, 0.29) is 17.0 Å². The molecule has 0 radical (unpaired) electrons. The average Bonchev–Trinajstić information content (AvgIpc) is 2.99. The van der Waals surface area contributed by atoms with Crippen molar-refractivity contribution < 1.29 is 9.18 Å². The Labute approximate surface area is 225 Å². The predicted molar refractivity (Wildman–Crippen MR) is 146 cm³/mol. The molecule has 4 aromatic rings. The second-order valence-corrected chi connectivity index (χ2v) is 10.1. The number of likely N-dealkylation sites (N-methyl/N-ethyl adjacent to an activating group) is 1. The summed E-state index contributed by atoms with van der Waals surface area (Å²) in [7, 11) is 0. The number of piperazine rings is 1. The van der Waals surface area contributed by atoms with Gasteiger partial charge < -0.3 is 14.7 Å². The molecule has 2 aromatic carbocycles. The van der Waals surface area contributed by atoms with E-state index in [1.54, 1.807) is 29.2 Å². The molecule has 1 N–H and O–H groups in total. The average molecular weight is 528 g/mol. The van der Waals surface area contributed by atoms with Crippen LogP contribution in [0, 0.1) is 5.82 Å². The molecule has 2 aromatic heterocycles. The maximum absolute atomic E-state index is 14.9. The molecule has 6 rings (SSSR count). The molecule has 0 saturated carbocycles. The maximum Gasteiger partial charge on any atom is 0.272 e. The van der Waals surface area contributed by atoms with E-state index in [9.17, 15) is 14.0 Å². The summed E-state index contributed by atoms with van der Waals surface area (Å²) in [6, 6.07) is 11.8. The van der Waals surface area contributed by atoms with E-state index in [1.807, 2.05) is 18.3 Å². The highest BCUT2D eigenvalue weighted by molar-refractivity contribution is 5.95. The standard InChI is InChI=1S/C29H30FN7O2/c1-2-35-11-13-36(14-12-35)29-31-17-20-18-37(10-9-25(20)32-29)28(39)23-15-19(7-8-24(23)30)16-26-21-5-3-4-6-22(21)27(38)34-33-26/h3-8,15,17H,2,9-14,16,18H2,1H3,(H,34,38). The molecule has 9 nitrogen and oxygen atoms in total. The zero-order valence-electron chi connectivity index (χ0n) is 21.9. The summed E-state index contributed by atoms with van der Waals surface area (Å²) in [5.41, 5.74) is 3.00. The number of carbonyl (C=O) groups excluding carboxylic acids is 1. The Morgan fingerprint density at radius 1 is 1.05 bits per heavy atom. The first-order valence-corrected chi connectivity index (χ1v) is 13.4. The van der Waals surface area contributed by atoms with Gasteiger partial charge in [0, 0.05) is 69.3 Å². The molecule has 10 heteroatoms. The molecule has 0 atom stereocenters. The largest absolute Gasteiger partial charge is 0.338 e. The van der Waals surface area contributed by atoms with Crippen molar-refractivity contribution in [3.05, 3.63) is 92.9 Å². The monoisotopic (exact) mass is 527 g/mol. The van der Waals surface area contributed by atoms with Gasteiger partial charge in [0.2, 0.25) is 5.95 Å². The third kappa shape index (κ3) is 4.99. The second kappa shape index (κ2) is 10.5. The molecule has 0 bridgehead atoms. The predicted octanol–water partition coefficient (Wildman–Crippen LogP) is 2.78. The normalized spacial score (nSPS) is 15.9. The highest BCUT2D eigenvalue weighted by Gasteiger charge is 2.27. The van der Waals surface area contributed by atoms with E-state index >= 15 is 0 Å². The summed E-state index contributed by atoms with van der Waals surface area (Å²) in [5, 5.41) is 8.02. The Kier molecular flexibility index (Phi) is 6.78. The summed E-state index contributed by atoms with van der Waals surface area (Å²) in [6.45, 7) is 7.82. The number of carbonyl (C=O) groups is 1. The maximum atomic E-state index is 14.9. The first-order chi connectivity index (χ1) is 19.0. The van der Waals surface area contributed by atoms with Gasteiger partial charge in [0.25, 0.3) is 11.5 Å². The molecule has 0 spiro atoms. The SMILES string of the molecule is CCN1CCN(c2ncc3c(n2)CCN(C(=O)c2cc(Cc4n[nH]c(=O)c5ccccc45)ccc2F)C3)CC1. The number of rotatable bonds is 5. The lowest BCUT2D eigenvalue weighted by molar-refractivity contribution is 0.0728. The lowest BCUT2D eigenvalue weighted by atomic mass is 10.0. The fourth-order valence-electron chi connectivity index (χ4n) is 5.41. The van der Waals surface area contributed by atoms with Gasteiger partial charge in [-0.25, -0.2) is 19.5 Å². The van der Waals surface area contributed by atoms with Gasteiger partial charge >= 0.3 is 0 Å². The third-order valence-electron chi connectivity index (χ3n) is 7.72. The summed E-state index contributed by atoms with van der Waals surface area (Å²) >= 11 is 0. The lowest BCUT2D eigenvalue weighted by Crippen LogP contribution is -2.47. The van der Waals surface area contributed by atoms with Crippen LogP contribution >= 0.6 is 0 Å². The zero-order chi connectivity index (χ0) is 26.9. The minimum atomic E-state index is -0.563. The van der Waals surface area contributed by atoms with Crippen LogP contribution in [0.3, 0.4) is 0 Å². The number of halogens is 1. The van der Waals surface area contributed by atoms with E-state index in [2.05, 4.69) is 31.9 Å². The first kappa shape index (κ1) is 25.1. The van der Waals surface area contributed by atoms with Crippen molar-refractivity contribution in [2.45, 2.75) is 26.3 Å². The van der Waals surface area contributed by atoms with Crippen LogP contribution in [0.1, 0.15) is 39.8 Å². The molecule has 4 heterocycles. The first-order valence-electron chi connectivity index (χ1n) is 13.4. The van der Waals surface area contributed by atoms with Crippen LogP contribution in [0.4, 0.5) is 10.3 Å². The van der Waals surface area contributed by atoms with Gasteiger partial charge in [-0.1, -0.05) is 31.2 Å². The topological polar surface area (TPSA) is 98.3 Å². The third-order valence-corrected chi connectivity index (χ3v) is 7.72.